The van der Waals surface area contributed by atoms with Crippen molar-refractivity contribution in [2.45, 2.75) is 45.6 Å². The number of piperidine rings is 1. The summed E-state index contributed by atoms with van der Waals surface area (Å²) in [4.78, 5) is 27.0. The van der Waals surface area contributed by atoms with E-state index in [4.69, 9.17) is 4.74 Å². The number of likely N-dealkylation sites (N-methyl/N-ethyl adjacent to an activating group) is 1. The highest BCUT2D eigenvalue weighted by Gasteiger charge is 2.38. The van der Waals surface area contributed by atoms with Crippen LogP contribution in [0.3, 0.4) is 0 Å². The van der Waals surface area contributed by atoms with Gasteiger partial charge in [-0.3, -0.25) is 9.59 Å². The number of carbonyl (C=O) groups excluding carboxylic acids is 2. The lowest BCUT2D eigenvalue weighted by Crippen LogP contribution is -2.54. The Labute approximate surface area is 173 Å². The highest BCUT2D eigenvalue weighted by molar-refractivity contribution is 7.89. The maximum absolute atomic E-state index is 13.1. The summed E-state index contributed by atoms with van der Waals surface area (Å²) in [5, 5.41) is 2.76. The Morgan fingerprint density at radius 3 is 2.69 bits per heavy atom. The second kappa shape index (κ2) is 10.6. The van der Waals surface area contributed by atoms with Gasteiger partial charge in [0, 0.05) is 24.8 Å². The van der Waals surface area contributed by atoms with Gasteiger partial charge in [-0.25, -0.2) is 8.42 Å². The summed E-state index contributed by atoms with van der Waals surface area (Å²) in [6.07, 6.45) is 2.52. The van der Waals surface area contributed by atoms with Crippen LogP contribution in [0.2, 0.25) is 0 Å². The third-order valence-electron chi connectivity index (χ3n) is 4.94. The van der Waals surface area contributed by atoms with Crippen molar-refractivity contribution in [1.82, 2.24) is 9.21 Å². The molecular formula is C20H31N3O5S. The van der Waals surface area contributed by atoms with Crippen LogP contribution in [-0.2, 0) is 19.6 Å². The Morgan fingerprint density at radius 2 is 2.03 bits per heavy atom. The Balaban J connectivity index is 2.08. The number of anilines is 1. The minimum absolute atomic E-state index is 0.0270. The van der Waals surface area contributed by atoms with Gasteiger partial charge < -0.3 is 15.0 Å². The highest BCUT2D eigenvalue weighted by Crippen LogP contribution is 2.23. The van der Waals surface area contributed by atoms with Crippen molar-refractivity contribution in [1.29, 1.82) is 0 Å². The van der Waals surface area contributed by atoms with E-state index in [2.05, 4.69) is 5.32 Å². The summed E-state index contributed by atoms with van der Waals surface area (Å²) < 4.78 is 31.7. The Morgan fingerprint density at radius 1 is 1.28 bits per heavy atom. The first kappa shape index (κ1) is 23.2. The van der Waals surface area contributed by atoms with Crippen molar-refractivity contribution >= 4 is 27.5 Å². The number of hydrogen-bond acceptors (Lipinski definition) is 5. The van der Waals surface area contributed by atoms with Gasteiger partial charge in [0.25, 0.3) is 0 Å². The zero-order valence-corrected chi connectivity index (χ0v) is 18.2. The smallest absolute Gasteiger partial charge is 0.243 e. The summed E-state index contributed by atoms with van der Waals surface area (Å²) in [6.45, 7) is 4.13. The highest BCUT2D eigenvalue weighted by atomic mass is 32.2. The van der Waals surface area contributed by atoms with Crippen molar-refractivity contribution < 1.29 is 22.7 Å². The van der Waals surface area contributed by atoms with Crippen molar-refractivity contribution in [3.8, 4) is 5.75 Å². The van der Waals surface area contributed by atoms with E-state index in [0.29, 0.717) is 37.4 Å². The molecule has 9 heteroatoms. The normalized spacial score (nSPS) is 17.6. The van der Waals surface area contributed by atoms with Gasteiger partial charge in [-0.2, -0.15) is 4.31 Å². The SMILES string of the molecule is CCCS(=O)(=O)N1CCCCC1C(=O)N(CC)CC(=O)Nc1cccc(OC)c1. The van der Waals surface area contributed by atoms with Crippen LogP contribution in [0.1, 0.15) is 39.5 Å². The van der Waals surface area contributed by atoms with Gasteiger partial charge in [-0.1, -0.05) is 19.4 Å². The van der Waals surface area contributed by atoms with Gasteiger partial charge >= 0.3 is 0 Å². The summed E-state index contributed by atoms with van der Waals surface area (Å²) in [5.74, 6) is -0.00993. The lowest BCUT2D eigenvalue weighted by atomic mass is 10.0. The molecule has 1 saturated heterocycles. The van der Waals surface area contributed by atoms with E-state index in [9.17, 15) is 18.0 Å². The van der Waals surface area contributed by atoms with E-state index >= 15 is 0 Å². The summed E-state index contributed by atoms with van der Waals surface area (Å²) in [7, 11) is -1.94. The fraction of sp³-hybridized carbons (Fsp3) is 0.600. The fourth-order valence-corrected chi connectivity index (χ4v) is 5.23. The Hall–Kier alpha value is -2.13. The third-order valence-corrected chi connectivity index (χ3v) is 7.02. The molecule has 1 N–H and O–H groups in total. The summed E-state index contributed by atoms with van der Waals surface area (Å²) >= 11 is 0. The van der Waals surface area contributed by atoms with Crippen molar-refractivity contribution in [2.24, 2.45) is 0 Å². The molecule has 0 aliphatic carbocycles. The van der Waals surface area contributed by atoms with Crippen LogP contribution in [0, 0.1) is 0 Å². The maximum Gasteiger partial charge on any atom is 0.243 e. The molecule has 0 saturated carbocycles. The molecule has 1 atom stereocenters. The molecule has 1 unspecified atom stereocenters. The lowest BCUT2D eigenvalue weighted by molar-refractivity contribution is -0.138. The predicted molar refractivity (Wildman–Crippen MR) is 112 cm³/mol. The second-order valence-electron chi connectivity index (χ2n) is 7.07. The molecule has 2 rings (SSSR count). The number of nitrogens with one attached hydrogen (secondary N) is 1. The van der Waals surface area contributed by atoms with E-state index in [1.54, 1.807) is 45.2 Å². The van der Waals surface area contributed by atoms with Crippen molar-refractivity contribution in [3.05, 3.63) is 24.3 Å². The van der Waals surface area contributed by atoms with Gasteiger partial charge in [0.05, 0.1) is 19.4 Å². The number of methoxy groups -OCH3 is 1. The molecule has 1 fully saturated rings. The molecule has 29 heavy (non-hydrogen) atoms. The zero-order valence-electron chi connectivity index (χ0n) is 17.4. The molecule has 1 aromatic carbocycles. The third kappa shape index (κ3) is 6.17. The minimum atomic E-state index is -3.48. The molecule has 8 nitrogen and oxygen atoms in total. The van der Waals surface area contributed by atoms with E-state index in [-0.39, 0.29) is 24.1 Å². The fourth-order valence-electron chi connectivity index (χ4n) is 3.49. The van der Waals surface area contributed by atoms with Crippen LogP contribution < -0.4 is 10.1 Å². The van der Waals surface area contributed by atoms with Gasteiger partial charge in [-0.15, -0.1) is 0 Å². The first-order valence-corrected chi connectivity index (χ1v) is 11.7. The molecule has 1 heterocycles. The van der Waals surface area contributed by atoms with E-state index in [1.807, 2.05) is 0 Å². The standard InChI is InChI=1S/C20H31N3O5S/c1-4-13-29(26,27)23-12-7-6-11-18(23)20(25)22(5-2)15-19(24)21-16-9-8-10-17(14-16)28-3/h8-10,14,18H,4-7,11-13,15H2,1-3H3,(H,21,24). The largest absolute Gasteiger partial charge is 0.497 e. The first-order chi connectivity index (χ1) is 13.8. The molecule has 1 aliphatic rings. The quantitative estimate of drug-likeness (QED) is 0.653. The minimum Gasteiger partial charge on any atom is -0.497 e. The molecule has 1 aliphatic heterocycles. The number of ether oxygens (including phenoxy) is 1. The average molecular weight is 426 g/mol. The van der Waals surface area contributed by atoms with Gasteiger partial charge in [-0.05, 0) is 38.3 Å². The lowest BCUT2D eigenvalue weighted by Gasteiger charge is -2.36. The van der Waals surface area contributed by atoms with Crippen LogP contribution in [0.25, 0.3) is 0 Å². The van der Waals surface area contributed by atoms with Gasteiger partial charge in [0.15, 0.2) is 0 Å². The van der Waals surface area contributed by atoms with Crippen LogP contribution >= 0.6 is 0 Å². The van der Waals surface area contributed by atoms with E-state index in [0.717, 1.165) is 12.8 Å². The topological polar surface area (TPSA) is 96.0 Å². The van der Waals surface area contributed by atoms with Gasteiger partial charge in [0.2, 0.25) is 21.8 Å². The van der Waals surface area contributed by atoms with Crippen LogP contribution in [0.4, 0.5) is 5.69 Å². The van der Waals surface area contributed by atoms with Gasteiger partial charge in [0.1, 0.15) is 11.8 Å². The second-order valence-corrected chi connectivity index (χ2v) is 9.11. The number of rotatable bonds is 9. The number of nitrogens with zero attached hydrogens (tertiary/aromatic N) is 2. The summed E-state index contributed by atoms with van der Waals surface area (Å²) in [6, 6.07) is 6.22. The van der Waals surface area contributed by atoms with Crippen LogP contribution in [-0.4, -0.2) is 68.0 Å². The molecular weight excluding hydrogens is 394 g/mol. The molecule has 162 valence electrons. The molecule has 0 aromatic heterocycles. The number of sulfonamides is 1. The van der Waals surface area contributed by atoms with Crippen molar-refractivity contribution in [3.63, 3.8) is 0 Å². The van der Waals surface area contributed by atoms with Crippen LogP contribution in [0.15, 0.2) is 24.3 Å². The zero-order chi connectivity index (χ0) is 21.4. The number of amides is 2. The summed E-state index contributed by atoms with van der Waals surface area (Å²) in [5.41, 5.74) is 0.572. The molecule has 0 radical (unpaired) electrons. The number of benzene rings is 1. The molecule has 0 bridgehead atoms. The Bertz CT molecular complexity index is 812. The maximum atomic E-state index is 13.1. The predicted octanol–water partition coefficient (Wildman–Crippen LogP) is 2.08. The van der Waals surface area contributed by atoms with Crippen molar-refractivity contribution in [2.75, 3.05) is 37.8 Å². The molecule has 2 amide bonds. The van der Waals surface area contributed by atoms with E-state index in [1.165, 1.54) is 9.21 Å². The molecule has 0 spiro atoms. The van der Waals surface area contributed by atoms with E-state index < -0.39 is 16.1 Å². The van der Waals surface area contributed by atoms with Crippen LogP contribution in [0.5, 0.6) is 5.75 Å². The Kier molecular flexibility index (Phi) is 8.45. The molecule has 1 aromatic rings. The monoisotopic (exact) mass is 425 g/mol. The average Bonchev–Trinajstić information content (AvgIpc) is 2.71. The number of carbonyl (C=O) groups is 2. The first-order valence-electron chi connectivity index (χ1n) is 10.0. The number of hydrogen-bond donors (Lipinski definition) is 1.